The molecule has 0 atom stereocenters. The van der Waals surface area contributed by atoms with Crippen LogP contribution in [0.3, 0.4) is 0 Å². The number of anilines is 1. The van der Waals surface area contributed by atoms with E-state index >= 15 is 0 Å². The van der Waals surface area contributed by atoms with Gasteiger partial charge in [-0.3, -0.25) is 0 Å². The van der Waals surface area contributed by atoms with E-state index in [4.69, 9.17) is 0 Å². The quantitative estimate of drug-likeness (QED) is 0.898. The molecule has 2 nitrogen and oxygen atoms in total. The lowest BCUT2D eigenvalue weighted by atomic mass is 9.94. The van der Waals surface area contributed by atoms with Crippen LogP contribution in [0.2, 0.25) is 0 Å². The Morgan fingerprint density at radius 1 is 1.29 bits per heavy atom. The van der Waals surface area contributed by atoms with Crippen molar-refractivity contribution < 1.29 is 5.11 Å². The number of aliphatic hydroxyl groups excluding tert-OH is 1. The van der Waals surface area contributed by atoms with Crippen LogP contribution in [0.25, 0.3) is 10.1 Å². The summed E-state index contributed by atoms with van der Waals surface area (Å²) in [5, 5.41) is 12.8. The number of fused-ring (bicyclic) bond motifs is 1. The van der Waals surface area contributed by atoms with Crippen LogP contribution >= 0.6 is 11.3 Å². The zero-order valence-electron chi connectivity index (χ0n) is 10.6. The molecular formula is C14H19NOS. The highest BCUT2D eigenvalue weighted by Gasteiger charge is 2.20. The maximum atomic E-state index is 9.33. The van der Waals surface area contributed by atoms with E-state index in [2.05, 4.69) is 55.4 Å². The fourth-order valence-electron chi connectivity index (χ4n) is 2.04. The molecule has 1 aromatic carbocycles. The first-order chi connectivity index (χ1) is 8.03. The van der Waals surface area contributed by atoms with Crippen molar-refractivity contribution in [3.05, 3.63) is 29.6 Å². The molecule has 1 heterocycles. The van der Waals surface area contributed by atoms with E-state index in [0.29, 0.717) is 0 Å². The lowest BCUT2D eigenvalue weighted by Gasteiger charge is -2.29. The third-order valence-corrected chi connectivity index (χ3v) is 3.92. The maximum Gasteiger partial charge on any atom is 0.0552 e. The normalized spacial score (nSPS) is 12.0. The number of hydrogen-bond donors (Lipinski definition) is 1. The predicted molar refractivity (Wildman–Crippen MR) is 76.0 cm³/mol. The van der Waals surface area contributed by atoms with Crippen LogP contribution in [-0.2, 0) is 0 Å². The van der Waals surface area contributed by atoms with Crippen LogP contribution in [0, 0.1) is 5.41 Å². The topological polar surface area (TPSA) is 23.5 Å². The van der Waals surface area contributed by atoms with E-state index in [9.17, 15) is 5.11 Å². The van der Waals surface area contributed by atoms with Gasteiger partial charge in [0.05, 0.1) is 5.69 Å². The molecule has 0 fully saturated rings. The van der Waals surface area contributed by atoms with Gasteiger partial charge in [-0.2, -0.15) is 0 Å². The largest absolute Gasteiger partial charge is 0.396 e. The molecule has 17 heavy (non-hydrogen) atoms. The Morgan fingerprint density at radius 3 is 2.71 bits per heavy atom. The Kier molecular flexibility index (Phi) is 3.40. The average molecular weight is 249 g/mol. The second kappa shape index (κ2) is 4.67. The van der Waals surface area contributed by atoms with Gasteiger partial charge in [0.25, 0.3) is 0 Å². The van der Waals surface area contributed by atoms with Crippen LogP contribution in [0.1, 0.15) is 13.8 Å². The summed E-state index contributed by atoms with van der Waals surface area (Å²) in [5.41, 5.74) is 1.18. The van der Waals surface area contributed by atoms with Gasteiger partial charge in [-0.05, 0) is 6.07 Å². The van der Waals surface area contributed by atoms with Crippen molar-refractivity contribution in [3.8, 4) is 0 Å². The van der Waals surface area contributed by atoms with Crippen molar-refractivity contribution in [2.24, 2.45) is 5.41 Å². The highest BCUT2D eigenvalue weighted by atomic mass is 32.1. The summed E-state index contributed by atoms with van der Waals surface area (Å²) in [6.07, 6.45) is 0. The first-order valence-corrected chi connectivity index (χ1v) is 6.70. The Bertz CT molecular complexity index is 504. The third kappa shape index (κ3) is 2.61. The van der Waals surface area contributed by atoms with Gasteiger partial charge in [-0.1, -0.05) is 32.0 Å². The number of thiophene rings is 1. The zero-order valence-corrected chi connectivity index (χ0v) is 11.4. The fourth-order valence-corrected chi connectivity index (χ4v) is 3.04. The molecule has 1 aromatic heterocycles. The van der Waals surface area contributed by atoms with Crippen LogP contribution in [0.15, 0.2) is 29.6 Å². The third-order valence-electron chi connectivity index (χ3n) is 2.97. The van der Waals surface area contributed by atoms with Gasteiger partial charge in [0.15, 0.2) is 0 Å². The Balaban J connectivity index is 2.28. The van der Waals surface area contributed by atoms with Gasteiger partial charge >= 0.3 is 0 Å². The first kappa shape index (κ1) is 12.4. The lowest BCUT2D eigenvalue weighted by Crippen LogP contribution is -2.33. The minimum Gasteiger partial charge on any atom is -0.396 e. The molecule has 0 saturated heterocycles. The van der Waals surface area contributed by atoms with Gasteiger partial charge < -0.3 is 10.0 Å². The summed E-state index contributed by atoms with van der Waals surface area (Å²) >= 11 is 1.77. The molecule has 0 aliphatic rings. The van der Waals surface area contributed by atoms with E-state index in [0.717, 1.165) is 6.54 Å². The molecular weight excluding hydrogens is 230 g/mol. The molecule has 0 radical (unpaired) electrons. The number of aliphatic hydroxyl groups is 1. The summed E-state index contributed by atoms with van der Waals surface area (Å²) in [4.78, 5) is 2.23. The predicted octanol–water partition coefficient (Wildman–Crippen LogP) is 3.36. The Hall–Kier alpha value is -1.06. The van der Waals surface area contributed by atoms with E-state index in [1.165, 1.54) is 15.8 Å². The van der Waals surface area contributed by atoms with Gasteiger partial charge in [-0.15, -0.1) is 11.3 Å². The summed E-state index contributed by atoms with van der Waals surface area (Å²) in [6, 6.07) is 8.45. The molecule has 0 amide bonds. The highest BCUT2D eigenvalue weighted by Crippen LogP contribution is 2.33. The molecule has 0 aliphatic heterocycles. The molecule has 0 aliphatic carbocycles. The van der Waals surface area contributed by atoms with E-state index in [1.54, 1.807) is 11.3 Å². The Labute approximate surface area is 106 Å². The highest BCUT2D eigenvalue weighted by molar-refractivity contribution is 7.17. The molecule has 0 spiro atoms. The summed E-state index contributed by atoms with van der Waals surface area (Å²) < 4.78 is 1.32. The van der Waals surface area contributed by atoms with Crippen LogP contribution in [0.4, 0.5) is 5.69 Å². The fraction of sp³-hybridized carbons (Fsp3) is 0.429. The minimum absolute atomic E-state index is 0.0716. The van der Waals surface area contributed by atoms with Crippen molar-refractivity contribution >= 4 is 27.1 Å². The van der Waals surface area contributed by atoms with Gasteiger partial charge in [0.1, 0.15) is 0 Å². The second-order valence-corrected chi connectivity index (χ2v) is 6.21. The monoisotopic (exact) mass is 249 g/mol. The van der Waals surface area contributed by atoms with Crippen LogP contribution in [0.5, 0.6) is 0 Å². The van der Waals surface area contributed by atoms with Gasteiger partial charge in [0, 0.05) is 41.1 Å². The number of nitrogens with zero attached hydrogens (tertiary/aromatic N) is 1. The van der Waals surface area contributed by atoms with Crippen molar-refractivity contribution in [2.75, 3.05) is 25.1 Å². The number of benzene rings is 1. The molecule has 2 rings (SSSR count). The van der Waals surface area contributed by atoms with Crippen molar-refractivity contribution in [1.82, 2.24) is 0 Å². The number of hydrogen-bond acceptors (Lipinski definition) is 3. The SMILES string of the molecule is CN(CC(C)(C)CO)c1csc2ccccc12. The Morgan fingerprint density at radius 2 is 2.00 bits per heavy atom. The minimum atomic E-state index is -0.0716. The van der Waals surface area contributed by atoms with E-state index < -0.39 is 0 Å². The summed E-state index contributed by atoms with van der Waals surface area (Å²) in [6.45, 7) is 5.22. The molecule has 0 saturated carbocycles. The van der Waals surface area contributed by atoms with Crippen molar-refractivity contribution in [2.45, 2.75) is 13.8 Å². The van der Waals surface area contributed by atoms with E-state index in [1.807, 2.05) is 0 Å². The first-order valence-electron chi connectivity index (χ1n) is 5.82. The van der Waals surface area contributed by atoms with Gasteiger partial charge in [0.2, 0.25) is 0 Å². The molecule has 0 unspecified atom stereocenters. The van der Waals surface area contributed by atoms with Crippen LogP contribution in [-0.4, -0.2) is 25.3 Å². The van der Waals surface area contributed by atoms with Crippen molar-refractivity contribution in [1.29, 1.82) is 0 Å². The van der Waals surface area contributed by atoms with E-state index in [-0.39, 0.29) is 12.0 Å². The molecule has 0 bridgehead atoms. The number of rotatable bonds is 4. The average Bonchev–Trinajstić information content (AvgIpc) is 2.72. The van der Waals surface area contributed by atoms with Gasteiger partial charge in [-0.25, -0.2) is 0 Å². The standard InChI is InChI=1S/C14H19NOS/c1-14(2,10-16)9-15(3)12-8-17-13-7-5-4-6-11(12)13/h4-8,16H,9-10H2,1-3H3. The molecule has 2 aromatic rings. The lowest BCUT2D eigenvalue weighted by molar-refractivity contribution is 0.165. The van der Waals surface area contributed by atoms with Crippen LogP contribution < -0.4 is 4.90 Å². The molecule has 1 N–H and O–H groups in total. The molecule has 3 heteroatoms. The maximum absolute atomic E-state index is 9.33. The zero-order chi connectivity index (χ0) is 12.5. The smallest absolute Gasteiger partial charge is 0.0552 e. The van der Waals surface area contributed by atoms with Crippen molar-refractivity contribution in [3.63, 3.8) is 0 Å². The molecule has 92 valence electrons. The second-order valence-electron chi connectivity index (χ2n) is 5.30. The summed E-state index contributed by atoms with van der Waals surface area (Å²) in [7, 11) is 2.09. The summed E-state index contributed by atoms with van der Waals surface area (Å²) in [5.74, 6) is 0.